The third kappa shape index (κ3) is 3.46. The van der Waals surface area contributed by atoms with Crippen LogP contribution in [0, 0.1) is 0 Å². The van der Waals surface area contributed by atoms with Crippen LogP contribution in [0.25, 0.3) is 0 Å². The van der Waals surface area contributed by atoms with Gasteiger partial charge in [0.2, 0.25) is 0 Å². The topological polar surface area (TPSA) is 45.4 Å². The number of hydrogen-bond donors (Lipinski definition) is 1. The minimum absolute atomic E-state index is 0.742. The summed E-state index contributed by atoms with van der Waals surface area (Å²) in [6.07, 6.45) is 1.84. The van der Waals surface area contributed by atoms with E-state index in [1.54, 1.807) is 0 Å². The molecule has 1 aromatic carbocycles. The van der Waals surface area contributed by atoms with Crippen molar-refractivity contribution in [1.82, 2.24) is 9.88 Å². The first kappa shape index (κ1) is 14.2. The number of piperazine rings is 1. The Bertz CT molecular complexity index is 594. The predicted octanol–water partition coefficient (Wildman–Crippen LogP) is 2.64. The van der Waals surface area contributed by atoms with Crippen LogP contribution in [0.2, 0.25) is 5.02 Å². The fraction of sp³-hybridized carbons (Fsp3) is 0.312. The molecule has 110 valence electrons. The van der Waals surface area contributed by atoms with Gasteiger partial charge in [-0.3, -0.25) is 4.90 Å². The van der Waals surface area contributed by atoms with Gasteiger partial charge in [0.15, 0.2) is 0 Å². The van der Waals surface area contributed by atoms with E-state index in [2.05, 4.69) is 20.9 Å². The van der Waals surface area contributed by atoms with Crippen molar-refractivity contribution in [3.05, 3.63) is 53.2 Å². The van der Waals surface area contributed by atoms with E-state index < -0.39 is 0 Å². The van der Waals surface area contributed by atoms with Crippen molar-refractivity contribution in [3.8, 4) is 0 Å². The lowest BCUT2D eigenvalue weighted by Crippen LogP contribution is -2.46. The van der Waals surface area contributed by atoms with Gasteiger partial charge in [-0.25, -0.2) is 4.98 Å². The highest BCUT2D eigenvalue weighted by atomic mass is 35.5. The van der Waals surface area contributed by atoms with E-state index in [9.17, 15) is 0 Å². The second kappa shape index (κ2) is 6.33. The van der Waals surface area contributed by atoms with Crippen molar-refractivity contribution in [3.63, 3.8) is 0 Å². The zero-order valence-corrected chi connectivity index (χ0v) is 12.6. The van der Waals surface area contributed by atoms with Crippen LogP contribution in [0.15, 0.2) is 42.6 Å². The number of hydrogen-bond acceptors (Lipinski definition) is 4. The molecule has 0 aliphatic carbocycles. The van der Waals surface area contributed by atoms with Gasteiger partial charge in [-0.15, -0.1) is 0 Å². The van der Waals surface area contributed by atoms with E-state index in [1.807, 2.05) is 36.5 Å². The monoisotopic (exact) mass is 302 g/mol. The molecule has 0 amide bonds. The van der Waals surface area contributed by atoms with Crippen molar-refractivity contribution in [2.75, 3.05) is 36.8 Å². The van der Waals surface area contributed by atoms with Gasteiger partial charge in [0.25, 0.3) is 0 Å². The third-order valence-electron chi connectivity index (χ3n) is 3.84. The highest BCUT2D eigenvalue weighted by Crippen LogP contribution is 2.21. The summed E-state index contributed by atoms with van der Waals surface area (Å²) in [5.74, 6) is 1.06. The first-order chi connectivity index (χ1) is 10.2. The molecule has 0 radical (unpaired) electrons. The molecule has 0 unspecified atom stereocenters. The number of nitrogen functional groups attached to an aromatic ring is 1. The van der Waals surface area contributed by atoms with Crippen molar-refractivity contribution in [1.29, 1.82) is 0 Å². The minimum Gasteiger partial charge on any atom is -0.398 e. The Hall–Kier alpha value is -1.78. The largest absolute Gasteiger partial charge is 0.398 e. The number of aromatic nitrogens is 1. The van der Waals surface area contributed by atoms with Crippen molar-refractivity contribution >= 4 is 23.1 Å². The molecule has 3 rings (SSSR count). The zero-order valence-electron chi connectivity index (χ0n) is 11.9. The molecule has 1 aliphatic heterocycles. The number of halogens is 1. The van der Waals surface area contributed by atoms with E-state index in [-0.39, 0.29) is 0 Å². The molecular weight excluding hydrogens is 284 g/mol. The van der Waals surface area contributed by atoms with Crippen molar-refractivity contribution in [2.24, 2.45) is 0 Å². The summed E-state index contributed by atoms with van der Waals surface area (Å²) in [6.45, 7) is 4.82. The molecule has 21 heavy (non-hydrogen) atoms. The molecule has 0 bridgehead atoms. The zero-order chi connectivity index (χ0) is 14.7. The summed E-state index contributed by atoms with van der Waals surface area (Å²) in [5.41, 5.74) is 7.94. The Morgan fingerprint density at radius 3 is 2.62 bits per heavy atom. The highest BCUT2D eigenvalue weighted by molar-refractivity contribution is 6.30. The number of pyridine rings is 1. The van der Waals surface area contributed by atoms with Gasteiger partial charge in [0.05, 0.1) is 0 Å². The summed E-state index contributed by atoms with van der Waals surface area (Å²) >= 11 is 6.05. The molecule has 1 fully saturated rings. The molecule has 2 N–H and O–H groups in total. The van der Waals surface area contributed by atoms with Crippen LogP contribution in [0.3, 0.4) is 0 Å². The van der Waals surface area contributed by atoms with Gasteiger partial charge in [0.1, 0.15) is 5.82 Å². The van der Waals surface area contributed by atoms with Crippen molar-refractivity contribution in [2.45, 2.75) is 6.54 Å². The summed E-state index contributed by atoms with van der Waals surface area (Å²) < 4.78 is 0. The number of rotatable bonds is 3. The van der Waals surface area contributed by atoms with Gasteiger partial charge in [-0.2, -0.15) is 0 Å². The standard InChI is InChI=1S/C16H19ClN4/c17-14-4-5-15(18)13(11-14)12-20-7-9-21(10-8-20)16-3-1-2-6-19-16/h1-6,11H,7-10,12,18H2. The maximum absolute atomic E-state index is 6.05. The lowest BCUT2D eigenvalue weighted by atomic mass is 10.1. The van der Waals surface area contributed by atoms with E-state index in [1.165, 1.54) is 0 Å². The fourth-order valence-corrected chi connectivity index (χ4v) is 2.82. The van der Waals surface area contributed by atoms with E-state index in [4.69, 9.17) is 17.3 Å². The molecule has 5 heteroatoms. The normalized spacial score (nSPS) is 16.1. The molecular formula is C16H19ClN4. The van der Waals surface area contributed by atoms with Crippen LogP contribution >= 0.6 is 11.6 Å². The van der Waals surface area contributed by atoms with Crippen molar-refractivity contribution < 1.29 is 0 Å². The second-order valence-corrected chi connectivity index (χ2v) is 5.73. The minimum atomic E-state index is 0.742. The Balaban J connectivity index is 1.60. The third-order valence-corrected chi connectivity index (χ3v) is 4.08. The lowest BCUT2D eigenvalue weighted by Gasteiger charge is -2.35. The quantitative estimate of drug-likeness (QED) is 0.885. The maximum atomic E-state index is 6.05. The van der Waals surface area contributed by atoms with Crippen LogP contribution in [0.4, 0.5) is 11.5 Å². The van der Waals surface area contributed by atoms with Gasteiger partial charge < -0.3 is 10.6 Å². The molecule has 0 atom stereocenters. The van der Waals surface area contributed by atoms with Crippen LogP contribution in [0.5, 0.6) is 0 Å². The molecule has 2 heterocycles. The SMILES string of the molecule is Nc1ccc(Cl)cc1CN1CCN(c2ccccn2)CC1. The molecule has 1 aromatic heterocycles. The average Bonchev–Trinajstić information content (AvgIpc) is 2.53. The van der Waals surface area contributed by atoms with Gasteiger partial charge in [-0.1, -0.05) is 17.7 Å². The molecule has 0 spiro atoms. The Morgan fingerprint density at radius 2 is 1.90 bits per heavy atom. The Kier molecular flexibility index (Phi) is 4.27. The molecule has 1 saturated heterocycles. The number of anilines is 2. The first-order valence-corrected chi connectivity index (χ1v) is 7.52. The summed E-state index contributed by atoms with van der Waals surface area (Å²) in [5, 5.41) is 0.742. The predicted molar refractivity (Wildman–Crippen MR) is 87.6 cm³/mol. The Labute approximate surface area is 130 Å². The second-order valence-electron chi connectivity index (χ2n) is 5.29. The van der Waals surface area contributed by atoms with E-state index in [0.29, 0.717) is 0 Å². The number of benzene rings is 1. The molecule has 4 nitrogen and oxygen atoms in total. The highest BCUT2D eigenvalue weighted by Gasteiger charge is 2.18. The Morgan fingerprint density at radius 1 is 1.10 bits per heavy atom. The number of nitrogens with two attached hydrogens (primary N) is 1. The summed E-state index contributed by atoms with van der Waals surface area (Å²) in [7, 11) is 0. The maximum Gasteiger partial charge on any atom is 0.128 e. The van der Waals surface area contributed by atoms with Crippen LogP contribution in [0.1, 0.15) is 5.56 Å². The lowest BCUT2D eigenvalue weighted by molar-refractivity contribution is 0.249. The molecule has 2 aromatic rings. The number of nitrogens with zero attached hydrogens (tertiary/aromatic N) is 3. The smallest absolute Gasteiger partial charge is 0.128 e. The van der Waals surface area contributed by atoms with E-state index in [0.717, 1.165) is 54.8 Å². The molecule has 1 aliphatic rings. The average molecular weight is 303 g/mol. The van der Waals surface area contributed by atoms with Crippen LogP contribution < -0.4 is 10.6 Å². The molecule has 0 saturated carbocycles. The van der Waals surface area contributed by atoms with Gasteiger partial charge >= 0.3 is 0 Å². The van der Waals surface area contributed by atoms with Crippen LogP contribution in [-0.2, 0) is 6.54 Å². The van der Waals surface area contributed by atoms with Gasteiger partial charge in [-0.05, 0) is 35.9 Å². The first-order valence-electron chi connectivity index (χ1n) is 7.14. The fourth-order valence-electron chi connectivity index (χ4n) is 2.63. The van der Waals surface area contributed by atoms with Crippen LogP contribution in [-0.4, -0.2) is 36.1 Å². The summed E-state index contributed by atoms with van der Waals surface area (Å²) in [6, 6.07) is 11.7. The summed E-state index contributed by atoms with van der Waals surface area (Å²) in [4.78, 5) is 9.13. The van der Waals surface area contributed by atoms with E-state index >= 15 is 0 Å². The van der Waals surface area contributed by atoms with Gasteiger partial charge in [0, 0.05) is 49.6 Å².